The molecule has 2 heterocycles. The maximum absolute atomic E-state index is 4.66. The average molecular weight is 319 g/mol. The molecule has 4 heteroatoms. The van der Waals surface area contributed by atoms with E-state index in [1.165, 1.54) is 4.90 Å². The third-order valence-corrected chi connectivity index (χ3v) is 4.06. The summed E-state index contributed by atoms with van der Waals surface area (Å²) < 4.78 is 3.14. The molecule has 0 saturated heterocycles. The fourth-order valence-electron chi connectivity index (χ4n) is 1.85. The summed E-state index contributed by atoms with van der Waals surface area (Å²) >= 11 is 5.17. The lowest BCUT2D eigenvalue weighted by atomic mass is 10.2. The number of benzene rings is 1. The Morgan fingerprint density at radius 2 is 1.94 bits per heavy atom. The molecule has 0 atom stereocenters. The van der Waals surface area contributed by atoms with Gasteiger partial charge in [-0.05, 0) is 30.5 Å². The zero-order valence-electron chi connectivity index (χ0n) is 9.80. The fraction of sp³-hybridized carbons (Fsp3) is 0.0714. The Morgan fingerprint density at radius 3 is 2.67 bits per heavy atom. The van der Waals surface area contributed by atoms with E-state index in [2.05, 4.69) is 68.2 Å². The molecule has 0 bridgehead atoms. The first-order valence-electron chi connectivity index (χ1n) is 5.55. The number of thioether (sulfide) groups is 1. The van der Waals surface area contributed by atoms with Crippen LogP contribution < -0.4 is 0 Å². The van der Waals surface area contributed by atoms with Gasteiger partial charge in [-0.15, -0.1) is 11.8 Å². The van der Waals surface area contributed by atoms with Gasteiger partial charge in [0.15, 0.2) is 0 Å². The summed E-state index contributed by atoms with van der Waals surface area (Å²) in [6, 6.07) is 12.4. The summed E-state index contributed by atoms with van der Waals surface area (Å²) in [6.07, 6.45) is 6.18. The first kappa shape index (κ1) is 11.8. The molecule has 0 aliphatic heterocycles. The van der Waals surface area contributed by atoms with Crippen molar-refractivity contribution in [1.82, 2.24) is 9.38 Å². The first-order chi connectivity index (χ1) is 8.76. The Hall–Kier alpha value is -1.26. The Bertz CT molecular complexity index is 689. The third kappa shape index (κ3) is 2.18. The molecule has 0 spiro atoms. The van der Waals surface area contributed by atoms with Crippen molar-refractivity contribution in [2.24, 2.45) is 0 Å². The summed E-state index contributed by atoms with van der Waals surface area (Å²) in [5.74, 6) is 0. The van der Waals surface area contributed by atoms with Crippen LogP contribution in [0.3, 0.4) is 0 Å². The SMILES string of the molecule is CSc1ccn2cc(-c3ccc(Br)cc3)nc2c1. The number of hydrogen-bond donors (Lipinski definition) is 0. The lowest BCUT2D eigenvalue weighted by molar-refractivity contribution is 1.16. The molecule has 0 aliphatic rings. The van der Waals surface area contributed by atoms with Gasteiger partial charge in [-0.3, -0.25) is 0 Å². The zero-order valence-corrected chi connectivity index (χ0v) is 12.2. The second kappa shape index (κ2) is 4.78. The minimum absolute atomic E-state index is 0.986. The van der Waals surface area contributed by atoms with Gasteiger partial charge in [0, 0.05) is 27.3 Å². The zero-order chi connectivity index (χ0) is 12.5. The maximum atomic E-state index is 4.66. The van der Waals surface area contributed by atoms with E-state index >= 15 is 0 Å². The van der Waals surface area contributed by atoms with Gasteiger partial charge in [-0.2, -0.15) is 0 Å². The van der Waals surface area contributed by atoms with E-state index in [1.54, 1.807) is 11.8 Å². The number of halogens is 1. The largest absolute Gasteiger partial charge is 0.306 e. The van der Waals surface area contributed by atoms with Crippen LogP contribution in [0.1, 0.15) is 0 Å². The van der Waals surface area contributed by atoms with Gasteiger partial charge in [-0.25, -0.2) is 4.98 Å². The van der Waals surface area contributed by atoms with E-state index < -0.39 is 0 Å². The smallest absolute Gasteiger partial charge is 0.138 e. The topological polar surface area (TPSA) is 17.3 Å². The Kier molecular flexibility index (Phi) is 3.14. The van der Waals surface area contributed by atoms with E-state index in [9.17, 15) is 0 Å². The summed E-state index contributed by atoms with van der Waals surface area (Å²) in [6.45, 7) is 0. The maximum Gasteiger partial charge on any atom is 0.138 e. The lowest BCUT2D eigenvalue weighted by Gasteiger charge is -1.95. The highest BCUT2D eigenvalue weighted by Crippen LogP contribution is 2.23. The molecule has 2 nitrogen and oxygen atoms in total. The van der Waals surface area contributed by atoms with E-state index in [4.69, 9.17) is 0 Å². The van der Waals surface area contributed by atoms with Gasteiger partial charge in [-0.1, -0.05) is 28.1 Å². The van der Waals surface area contributed by atoms with Crippen LogP contribution in [0.4, 0.5) is 0 Å². The molecular weight excluding hydrogens is 308 g/mol. The van der Waals surface area contributed by atoms with Crippen molar-refractivity contribution in [1.29, 1.82) is 0 Å². The van der Waals surface area contributed by atoms with Gasteiger partial charge in [0.05, 0.1) is 5.69 Å². The van der Waals surface area contributed by atoms with Crippen molar-refractivity contribution in [3.05, 3.63) is 53.3 Å². The Labute approximate surface area is 118 Å². The quantitative estimate of drug-likeness (QED) is 0.648. The Balaban J connectivity index is 2.10. The first-order valence-corrected chi connectivity index (χ1v) is 7.57. The molecule has 1 aromatic carbocycles. The minimum Gasteiger partial charge on any atom is -0.306 e. The van der Waals surface area contributed by atoms with Crippen molar-refractivity contribution in [2.45, 2.75) is 4.90 Å². The second-order valence-corrected chi connectivity index (χ2v) is 5.76. The summed E-state index contributed by atoms with van der Waals surface area (Å²) in [4.78, 5) is 5.89. The van der Waals surface area contributed by atoms with Crippen LogP contribution in [0.15, 0.2) is 58.2 Å². The molecule has 3 rings (SSSR count). The van der Waals surface area contributed by atoms with Crippen LogP contribution in [0.25, 0.3) is 16.9 Å². The number of hydrogen-bond acceptors (Lipinski definition) is 2. The molecule has 3 aromatic rings. The Morgan fingerprint density at radius 1 is 1.17 bits per heavy atom. The van der Waals surface area contributed by atoms with Crippen LogP contribution in [0.2, 0.25) is 0 Å². The molecule has 18 heavy (non-hydrogen) atoms. The summed E-state index contributed by atoms with van der Waals surface area (Å²) in [7, 11) is 0. The molecule has 90 valence electrons. The monoisotopic (exact) mass is 318 g/mol. The number of nitrogens with zero attached hydrogens (tertiary/aromatic N) is 2. The van der Waals surface area contributed by atoms with Gasteiger partial charge in [0.25, 0.3) is 0 Å². The fourth-order valence-corrected chi connectivity index (χ4v) is 2.53. The lowest BCUT2D eigenvalue weighted by Crippen LogP contribution is -1.81. The van der Waals surface area contributed by atoms with E-state index in [1.807, 2.05) is 12.1 Å². The third-order valence-electron chi connectivity index (χ3n) is 2.81. The van der Waals surface area contributed by atoms with E-state index in [-0.39, 0.29) is 0 Å². The second-order valence-electron chi connectivity index (χ2n) is 3.97. The van der Waals surface area contributed by atoms with Crippen LogP contribution >= 0.6 is 27.7 Å². The summed E-state index contributed by atoms with van der Waals surface area (Å²) in [5.41, 5.74) is 3.12. The van der Waals surface area contributed by atoms with Crippen molar-refractivity contribution in [3.63, 3.8) is 0 Å². The van der Waals surface area contributed by atoms with Crippen LogP contribution in [-0.2, 0) is 0 Å². The number of pyridine rings is 1. The van der Waals surface area contributed by atoms with Crippen LogP contribution in [-0.4, -0.2) is 15.6 Å². The van der Waals surface area contributed by atoms with E-state index in [0.717, 1.165) is 21.4 Å². The highest BCUT2D eigenvalue weighted by Gasteiger charge is 2.04. The number of imidazole rings is 1. The number of fused-ring (bicyclic) bond motifs is 1. The van der Waals surface area contributed by atoms with Gasteiger partial charge in [0.2, 0.25) is 0 Å². The van der Waals surface area contributed by atoms with Crippen molar-refractivity contribution < 1.29 is 0 Å². The van der Waals surface area contributed by atoms with Crippen LogP contribution in [0.5, 0.6) is 0 Å². The molecule has 0 unspecified atom stereocenters. The van der Waals surface area contributed by atoms with Crippen molar-refractivity contribution >= 4 is 33.3 Å². The molecule has 0 fully saturated rings. The predicted molar refractivity (Wildman–Crippen MR) is 80.1 cm³/mol. The average Bonchev–Trinajstić information content (AvgIpc) is 2.82. The molecule has 0 N–H and O–H groups in total. The normalized spacial score (nSPS) is 11.0. The molecule has 0 radical (unpaired) electrons. The van der Waals surface area contributed by atoms with Gasteiger partial charge < -0.3 is 4.40 Å². The van der Waals surface area contributed by atoms with Crippen molar-refractivity contribution in [2.75, 3.05) is 6.26 Å². The standard InChI is InChI=1S/C14H11BrN2S/c1-18-12-6-7-17-9-13(16-14(17)8-12)10-2-4-11(15)5-3-10/h2-9H,1H3. The van der Waals surface area contributed by atoms with Crippen molar-refractivity contribution in [3.8, 4) is 11.3 Å². The number of rotatable bonds is 2. The van der Waals surface area contributed by atoms with Gasteiger partial charge >= 0.3 is 0 Å². The molecule has 2 aromatic heterocycles. The minimum atomic E-state index is 0.986. The molecule has 0 aliphatic carbocycles. The highest BCUT2D eigenvalue weighted by molar-refractivity contribution is 9.10. The predicted octanol–water partition coefficient (Wildman–Crippen LogP) is 4.49. The molecular formula is C14H11BrN2S. The molecule has 0 amide bonds. The number of aromatic nitrogens is 2. The van der Waals surface area contributed by atoms with E-state index in [0.29, 0.717) is 0 Å². The van der Waals surface area contributed by atoms with Crippen LogP contribution in [0, 0.1) is 0 Å². The summed E-state index contributed by atoms with van der Waals surface area (Å²) in [5, 5.41) is 0. The highest BCUT2D eigenvalue weighted by atomic mass is 79.9. The molecule has 0 saturated carbocycles. The van der Waals surface area contributed by atoms with Gasteiger partial charge in [0.1, 0.15) is 5.65 Å².